The first-order chi connectivity index (χ1) is 6.29. The Morgan fingerprint density at radius 1 is 1.38 bits per heavy atom. The monoisotopic (exact) mass is 173 g/mol. The molecule has 0 aromatic heterocycles. The quantitative estimate of drug-likeness (QED) is 0.605. The lowest BCUT2D eigenvalue weighted by Crippen LogP contribution is -2.24. The van der Waals surface area contributed by atoms with Crippen molar-refractivity contribution in [1.29, 1.82) is 5.26 Å². The Labute approximate surface area is 75.6 Å². The summed E-state index contributed by atoms with van der Waals surface area (Å²) >= 11 is 0. The van der Waals surface area contributed by atoms with Crippen molar-refractivity contribution in [1.82, 2.24) is 0 Å². The van der Waals surface area contributed by atoms with E-state index >= 15 is 0 Å². The molecule has 0 aliphatic carbocycles. The van der Waals surface area contributed by atoms with Gasteiger partial charge in [-0.25, -0.2) is 0 Å². The standard InChI is InChI=1S/C10H7NO2/c11-6-7-1-3-8(4-2-7)9-5-10(12)13-9/h1-4,9H,5H2/t9-/m1/s1. The second kappa shape index (κ2) is 2.91. The van der Waals surface area contributed by atoms with Crippen molar-refractivity contribution < 1.29 is 9.53 Å². The number of nitrogens with zero attached hydrogens (tertiary/aromatic N) is 1. The number of hydrogen-bond acceptors (Lipinski definition) is 3. The third kappa shape index (κ3) is 1.38. The molecule has 64 valence electrons. The lowest BCUT2D eigenvalue weighted by atomic mass is 10.0. The maximum atomic E-state index is 10.5. The summed E-state index contributed by atoms with van der Waals surface area (Å²) < 4.78 is 4.88. The summed E-state index contributed by atoms with van der Waals surface area (Å²) in [7, 11) is 0. The lowest BCUT2D eigenvalue weighted by molar-refractivity contribution is -0.170. The summed E-state index contributed by atoms with van der Waals surface area (Å²) in [5.74, 6) is -0.158. The molecule has 0 spiro atoms. The Bertz CT molecular complexity index is 367. The minimum Gasteiger partial charge on any atom is -0.457 e. The third-order valence-electron chi connectivity index (χ3n) is 2.04. The van der Waals surface area contributed by atoms with E-state index in [2.05, 4.69) is 0 Å². The molecule has 1 aromatic carbocycles. The van der Waals surface area contributed by atoms with E-state index in [9.17, 15) is 4.79 Å². The molecule has 1 aromatic rings. The third-order valence-corrected chi connectivity index (χ3v) is 2.04. The van der Waals surface area contributed by atoms with Crippen molar-refractivity contribution in [3.8, 4) is 6.07 Å². The fourth-order valence-corrected chi connectivity index (χ4v) is 1.26. The van der Waals surface area contributed by atoms with Crippen molar-refractivity contribution in [3.63, 3.8) is 0 Å². The van der Waals surface area contributed by atoms with Crippen LogP contribution in [0, 0.1) is 11.3 Å². The number of nitriles is 1. The number of ether oxygens (including phenoxy) is 1. The van der Waals surface area contributed by atoms with Gasteiger partial charge in [0.2, 0.25) is 0 Å². The molecule has 1 aliphatic rings. The SMILES string of the molecule is N#Cc1ccc([C@H]2CC(=O)O2)cc1. The van der Waals surface area contributed by atoms with Crippen LogP contribution in [0.3, 0.4) is 0 Å². The summed E-state index contributed by atoms with van der Waals surface area (Å²) in [5.41, 5.74) is 1.58. The van der Waals surface area contributed by atoms with E-state index in [1.807, 2.05) is 18.2 Å². The van der Waals surface area contributed by atoms with Gasteiger partial charge in [-0.05, 0) is 17.7 Å². The van der Waals surface area contributed by atoms with Gasteiger partial charge in [-0.1, -0.05) is 12.1 Å². The first kappa shape index (κ1) is 7.81. The number of esters is 1. The van der Waals surface area contributed by atoms with Gasteiger partial charge >= 0.3 is 5.97 Å². The first-order valence-electron chi connectivity index (χ1n) is 3.99. The summed E-state index contributed by atoms with van der Waals surface area (Å²) in [6.45, 7) is 0. The van der Waals surface area contributed by atoms with E-state index in [4.69, 9.17) is 10.00 Å². The second-order valence-corrected chi connectivity index (χ2v) is 2.92. The van der Waals surface area contributed by atoms with Gasteiger partial charge in [-0.15, -0.1) is 0 Å². The predicted octanol–water partition coefficient (Wildman–Crippen LogP) is 1.55. The minimum absolute atomic E-state index is 0.0970. The van der Waals surface area contributed by atoms with Crippen LogP contribution in [-0.2, 0) is 9.53 Å². The largest absolute Gasteiger partial charge is 0.457 e. The molecule has 3 nitrogen and oxygen atoms in total. The highest BCUT2D eigenvalue weighted by molar-refractivity contribution is 5.75. The number of rotatable bonds is 1. The molecule has 1 aliphatic heterocycles. The van der Waals surface area contributed by atoms with Gasteiger partial charge in [-0.2, -0.15) is 5.26 Å². The molecule has 1 atom stereocenters. The Morgan fingerprint density at radius 2 is 2.00 bits per heavy atom. The van der Waals surface area contributed by atoms with Gasteiger partial charge < -0.3 is 4.74 Å². The molecule has 1 fully saturated rings. The van der Waals surface area contributed by atoms with E-state index < -0.39 is 0 Å². The van der Waals surface area contributed by atoms with Gasteiger partial charge in [0.15, 0.2) is 0 Å². The van der Waals surface area contributed by atoms with Crippen molar-refractivity contribution in [2.75, 3.05) is 0 Å². The van der Waals surface area contributed by atoms with E-state index in [-0.39, 0.29) is 12.1 Å². The van der Waals surface area contributed by atoms with Gasteiger partial charge in [-0.3, -0.25) is 4.79 Å². The molecule has 0 unspecified atom stereocenters. The molecule has 3 heteroatoms. The van der Waals surface area contributed by atoms with Crippen LogP contribution < -0.4 is 0 Å². The van der Waals surface area contributed by atoms with E-state index in [1.165, 1.54) is 0 Å². The normalized spacial score (nSPS) is 19.9. The average Bonchev–Trinajstić information content (AvgIpc) is 2.13. The fraction of sp³-hybridized carbons (Fsp3) is 0.200. The van der Waals surface area contributed by atoms with Crippen LogP contribution in [0.25, 0.3) is 0 Å². The molecule has 1 heterocycles. The minimum atomic E-state index is -0.158. The first-order valence-corrected chi connectivity index (χ1v) is 3.99. The lowest BCUT2D eigenvalue weighted by Gasteiger charge is -2.25. The highest BCUT2D eigenvalue weighted by Gasteiger charge is 2.29. The molecule has 0 radical (unpaired) electrons. The summed E-state index contributed by atoms with van der Waals surface area (Å²) in [6, 6.07) is 9.11. The number of benzene rings is 1. The van der Waals surface area contributed by atoms with E-state index in [0.29, 0.717) is 12.0 Å². The highest BCUT2D eigenvalue weighted by Crippen LogP contribution is 2.30. The van der Waals surface area contributed by atoms with E-state index in [1.54, 1.807) is 12.1 Å². The smallest absolute Gasteiger partial charge is 0.310 e. The Kier molecular flexibility index (Phi) is 1.75. The molecule has 0 amide bonds. The van der Waals surface area contributed by atoms with Crippen molar-refractivity contribution in [2.24, 2.45) is 0 Å². The fourth-order valence-electron chi connectivity index (χ4n) is 1.26. The summed E-state index contributed by atoms with van der Waals surface area (Å²) in [5, 5.41) is 8.54. The van der Waals surface area contributed by atoms with Crippen LogP contribution >= 0.6 is 0 Å². The molecule has 0 saturated carbocycles. The van der Waals surface area contributed by atoms with E-state index in [0.717, 1.165) is 5.56 Å². The van der Waals surface area contributed by atoms with Crippen LogP contribution in [0.1, 0.15) is 23.7 Å². The zero-order chi connectivity index (χ0) is 9.26. The van der Waals surface area contributed by atoms with Crippen molar-refractivity contribution >= 4 is 5.97 Å². The topological polar surface area (TPSA) is 50.1 Å². The summed E-state index contributed by atoms with van der Waals surface area (Å²) in [4.78, 5) is 10.5. The van der Waals surface area contributed by atoms with Crippen LogP contribution in [0.5, 0.6) is 0 Å². The number of carbonyl (C=O) groups is 1. The van der Waals surface area contributed by atoms with Crippen LogP contribution in [0.15, 0.2) is 24.3 Å². The molecule has 1 saturated heterocycles. The van der Waals surface area contributed by atoms with Gasteiger partial charge in [0.25, 0.3) is 0 Å². The number of carbonyl (C=O) groups excluding carboxylic acids is 1. The molecule has 0 bridgehead atoms. The van der Waals surface area contributed by atoms with Crippen molar-refractivity contribution in [2.45, 2.75) is 12.5 Å². The zero-order valence-corrected chi connectivity index (χ0v) is 6.86. The average molecular weight is 173 g/mol. The molecule has 13 heavy (non-hydrogen) atoms. The predicted molar refractivity (Wildman–Crippen MR) is 44.6 cm³/mol. The Hall–Kier alpha value is -1.82. The Balaban J connectivity index is 2.15. The van der Waals surface area contributed by atoms with Crippen LogP contribution in [0.2, 0.25) is 0 Å². The van der Waals surface area contributed by atoms with Crippen LogP contribution in [-0.4, -0.2) is 5.97 Å². The maximum absolute atomic E-state index is 10.5. The second-order valence-electron chi connectivity index (χ2n) is 2.92. The summed E-state index contributed by atoms with van der Waals surface area (Å²) in [6.07, 6.45) is 0.353. The molecular weight excluding hydrogens is 166 g/mol. The highest BCUT2D eigenvalue weighted by atomic mass is 16.6. The molecular formula is C10H7NO2. The van der Waals surface area contributed by atoms with Gasteiger partial charge in [0, 0.05) is 0 Å². The molecule has 0 N–H and O–H groups in total. The number of hydrogen-bond donors (Lipinski definition) is 0. The number of cyclic esters (lactones) is 1. The Morgan fingerprint density at radius 3 is 2.46 bits per heavy atom. The van der Waals surface area contributed by atoms with Crippen LogP contribution in [0.4, 0.5) is 0 Å². The van der Waals surface area contributed by atoms with Gasteiger partial charge in [0.1, 0.15) is 6.10 Å². The molecule has 2 rings (SSSR count). The van der Waals surface area contributed by atoms with Crippen molar-refractivity contribution in [3.05, 3.63) is 35.4 Å². The van der Waals surface area contributed by atoms with Gasteiger partial charge in [0.05, 0.1) is 18.1 Å². The zero-order valence-electron chi connectivity index (χ0n) is 6.86. The maximum Gasteiger partial charge on any atom is 0.310 e.